The molecule has 0 heterocycles. The van der Waals surface area contributed by atoms with Gasteiger partial charge >= 0.3 is 6.16 Å². The van der Waals surface area contributed by atoms with Gasteiger partial charge in [0.25, 0.3) is 0 Å². The number of allylic oxidation sites excluding steroid dienone is 5. The minimum atomic E-state index is -1.12. The van der Waals surface area contributed by atoms with Gasteiger partial charge in [0.05, 0.1) is 18.8 Å². The summed E-state index contributed by atoms with van der Waals surface area (Å²) < 4.78 is 10.5. The van der Waals surface area contributed by atoms with Gasteiger partial charge in [-0.15, -0.1) is 0 Å². The van der Waals surface area contributed by atoms with E-state index in [1.807, 2.05) is 13.0 Å². The molecule has 6 heteroatoms. The standard InChI is InChI=1S/C32H48O6/c1-7-8-18-37-30(36)38-31(4,5)29(35)16-11-21(2)26-14-15-27-23(10-9-17-32(26,27)6)12-13-24-19-25(33)20-28(34)22(24)3/h11-13,16,25-29,33-35H,2-3,7-10,14-15,17-20H2,1,4-6H3/b16-11+,23-12+,24-13-/t25?,26-,27+,28?,29-,32-/m1/s1. The molecule has 3 saturated carbocycles. The maximum absolute atomic E-state index is 12.0. The molecule has 38 heavy (non-hydrogen) atoms. The molecular formula is C32H48O6. The molecule has 3 aliphatic rings. The van der Waals surface area contributed by atoms with Gasteiger partial charge in [0.1, 0.15) is 11.7 Å². The van der Waals surface area contributed by atoms with E-state index >= 15 is 0 Å². The zero-order chi connectivity index (χ0) is 28.1. The van der Waals surface area contributed by atoms with E-state index in [0.717, 1.165) is 56.1 Å². The van der Waals surface area contributed by atoms with Gasteiger partial charge in [0, 0.05) is 6.42 Å². The van der Waals surface area contributed by atoms with Crippen molar-refractivity contribution in [2.45, 2.75) is 109 Å². The summed E-state index contributed by atoms with van der Waals surface area (Å²) in [5, 5.41) is 31.0. The second kappa shape index (κ2) is 12.8. The van der Waals surface area contributed by atoms with E-state index in [9.17, 15) is 20.1 Å². The predicted molar refractivity (Wildman–Crippen MR) is 150 cm³/mol. The van der Waals surface area contributed by atoms with Gasteiger partial charge in [-0.3, -0.25) is 0 Å². The number of unbranched alkanes of at least 4 members (excludes halogenated alkanes) is 1. The van der Waals surface area contributed by atoms with Crippen molar-refractivity contribution in [3.8, 4) is 0 Å². The Bertz CT molecular complexity index is 972. The number of rotatable bonds is 9. The lowest BCUT2D eigenvalue weighted by molar-refractivity contribution is -0.0668. The molecule has 3 fully saturated rings. The Labute approximate surface area is 228 Å². The van der Waals surface area contributed by atoms with E-state index in [2.05, 4.69) is 32.2 Å². The minimum Gasteiger partial charge on any atom is -0.434 e. The van der Waals surface area contributed by atoms with Crippen molar-refractivity contribution in [1.29, 1.82) is 0 Å². The smallest absolute Gasteiger partial charge is 0.434 e. The van der Waals surface area contributed by atoms with E-state index in [1.54, 1.807) is 19.9 Å². The number of fused-ring (bicyclic) bond motifs is 1. The molecule has 3 aliphatic carbocycles. The number of aliphatic hydroxyl groups excluding tert-OH is 3. The molecule has 0 radical (unpaired) electrons. The number of carbonyl (C=O) groups is 1. The molecule has 6 nitrogen and oxygen atoms in total. The fraction of sp³-hybridized carbons (Fsp3) is 0.656. The highest BCUT2D eigenvalue weighted by molar-refractivity contribution is 5.60. The number of aliphatic hydroxyl groups is 3. The molecule has 0 amide bonds. The SMILES string of the molecule is C=C1/C(=C\C=C2/CCC[C@]3(C)[C@@H](C(=C)/C=C/[C@@H](O)C(C)(C)OC(=O)OCCCC)CC[C@@H]23)CC(O)CC1O. The zero-order valence-electron chi connectivity index (χ0n) is 23.7. The molecule has 0 bridgehead atoms. The zero-order valence-corrected chi connectivity index (χ0v) is 23.7. The van der Waals surface area contributed by atoms with E-state index in [4.69, 9.17) is 9.47 Å². The van der Waals surface area contributed by atoms with Crippen molar-refractivity contribution in [2.75, 3.05) is 6.61 Å². The van der Waals surface area contributed by atoms with Crippen LogP contribution in [0, 0.1) is 17.3 Å². The third-order valence-corrected chi connectivity index (χ3v) is 8.95. The van der Waals surface area contributed by atoms with Crippen LogP contribution >= 0.6 is 0 Å². The average Bonchev–Trinajstić information content (AvgIpc) is 3.21. The van der Waals surface area contributed by atoms with Gasteiger partial charge in [-0.2, -0.15) is 0 Å². The molecule has 0 spiro atoms. The summed E-state index contributed by atoms with van der Waals surface area (Å²) in [4.78, 5) is 12.0. The first-order chi connectivity index (χ1) is 17.9. The van der Waals surface area contributed by atoms with E-state index in [-0.39, 0.29) is 5.41 Å². The average molecular weight is 529 g/mol. The summed E-state index contributed by atoms with van der Waals surface area (Å²) in [7, 11) is 0. The largest absolute Gasteiger partial charge is 0.508 e. The van der Waals surface area contributed by atoms with Crippen LogP contribution in [0.1, 0.15) is 85.5 Å². The molecule has 212 valence electrons. The van der Waals surface area contributed by atoms with Crippen molar-refractivity contribution in [3.05, 3.63) is 59.8 Å². The fourth-order valence-corrected chi connectivity index (χ4v) is 6.48. The maximum atomic E-state index is 12.0. The molecule has 2 unspecified atom stereocenters. The summed E-state index contributed by atoms with van der Waals surface area (Å²) in [6.45, 7) is 16.4. The first kappa shape index (κ1) is 30.4. The highest BCUT2D eigenvalue weighted by atomic mass is 16.7. The molecule has 0 aliphatic heterocycles. The molecule has 0 aromatic carbocycles. The predicted octanol–water partition coefficient (Wildman–Crippen LogP) is 6.33. The van der Waals surface area contributed by atoms with Crippen LogP contribution in [0.15, 0.2) is 59.8 Å². The number of ether oxygens (including phenoxy) is 2. The van der Waals surface area contributed by atoms with Gasteiger partial charge in [0.2, 0.25) is 0 Å². The van der Waals surface area contributed by atoms with Crippen molar-refractivity contribution in [1.82, 2.24) is 0 Å². The molecule has 6 atom stereocenters. The number of hydrogen-bond donors (Lipinski definition) is 3. The highest BCUT2D eigenvalue weighted by Gasteiger charge is 2.49. The lowest BCUT2D eigenvalue weighted by Crippen LogP contribution is -2.40. The fourth-order valence-electron chi connectivity index (χ4n) is 6.48. The van der Waals surface area contributed by atoms with E-state index in [1.165, 1.54) is 5.57 Å². The van der Waals surface area contributed by atoms with Gasteiger partial charge in [-0.1, -0.05) is 68.9 Å². The Morgan fingerprint density at radius 3 is 2.71 bits per heavy atom. The van der Waals surface area contributed by atoms with Crippen LogP contribution in [0.25, 0.3) is 0 Å². The van der Waals surface area contributed by atoms with Crippen LogP contribution in [-0.4, -0.2) is 52.0 Å². The Morgan fingerprint density at radius 2 is 2.00 bits per heavy atom. The van der Waals surface area contributed by atoms with Crippen LogP contribution in [0.3, 0.4) is 0 Å². The molecule has 3 rings (SSSR count). The van der Waals surface area contributed by atoms with Gasteiger partial charge in [-0.25, -0.2) is 4.79 Å². The lowest BCUT2D eigenvalue weighted by atomic mass is 9.62. The van der Waals surface area contributed by atoms with Crippen LogP contribution in [-0.2, 0) is 9.47 Å². The Hall–Kier alpha value is -2.15. The van der Waals surface area contributed by atoms with Crippen molar-refractivity contribution >= 4 is 6.16 Å². The summed E-state index contributed by atoms with van der Waals surface area (Å²) in [5.41, 5.74) is 3.01. The number of carbonyl (C=O) groups excluding carboxylic acids is 1. The van der Waals surface area contributed by atoms with Crippen molar-refractivity contribution < 1.29 is 29.6 Å². The van der Waals surface area contributed by atoms with Crippen LogP contribution in [0.5, 0.6) is 0 Å². The van der Waals surface area contributed by atoms with Gasteiger partial charge in [0.15, 0.2) is 0 Å². The normalized spacial score (nSPS) is 33.0. The maximum Gasteiger partial charge on any atom is 0.508 e. The summed E-state index contributed by atoms with van der Waals surface area (Å²) in [6, 6.07) is 0. The second-order valence-electron chi connectivity index (χ2n) is 12.1. The molecule has 3 N–H and O–H groups in total. The summed E-state index contributed by atoms with van der Waals surface area (Å²) in [6.07, 6.45) is 12.8. The highest BCUT2D eigenvalue weighted by Crippen LogP contribution is 2.59. The molecule has 0 saturated heterocycles. The Kier molecular flexibility index (Phi) is 10.2. The quantitative estimate of drug-likeness (QED) is 0.184. The monoisotopic (exact) mass is 528 g/mol. The van der Waals surface area contributed by atoms with E-state index in [0.29, 0.717) is 36.9 Å². The number of hydrogen-bond acceptors (Lipinski definition) is 6. The van der Waals surface area contributed by atoms with Gasteiger partial charge in [-0.05, 0) is 87.2 Å². The van der Waals surface area contributed by atoms with Gasteiger partial charge < -0.3 is 24.8 Å². The minimum absolute atomic E-state index is 0.0761. The molecular weight excluding hydrogens is 480 g/mol. The van der Waals surface area contributed by atoms with Crippen LogP contribution < -0.4 is 0 Å². The topological polar surface area (TPSA) is 96.2 Å². The third-order valence-electron chi connectivity index (χ3n) is 8.95. The molecule has 0 aromatic heterocycles. The third kappa shape index (κ3) is 7.08. The van der Waals surface area contributed by atoms with E-state index < -0.39 is 30.1 Å². The summed E-state index contributed by atoms with van der Waals surface area (Å²) >= 11 is 0. The first-order valence-corrected chi connectivity index (χ1v) is 14.2. The van der Waals surface area contributed by atoms with Crippen LogP contribution in [0.4, 0.5) is 4.79 Å². The van der Waals surface area contributed by atoms with Crippen molar-refractivity contribution in [3.63, 3.8) is 0 Å². The molecule has 0 aromatic rings. The van der Waals surface area contributed by atoms with Crippen molar-refractivity contribution in [2.24, 2.45) is 17.3 Å². The second-order valence-corrected chi connectivity index (χ2v) is 12.1. The lowest BCUT2D eigenvalue weighted by Gasteiger charge is -2.42. The Balaban J connectivity index is 1.66. The Morgan fingerprint density at radius 1 is 1.26 bits per heavy atom. The van der Waals surface area contributed by atoms with Crippen LogP contribution in [0.2, 0.25) is 0 Å². The first-order valence-electron chi connectivity index (χ1n) is 14.2. The summed E-state index contributed by atoms with van der Waals surface area (Å²) in [5.74, 6) is 0.737.